The molecule has 0 amide bonds. The highest BCUT2D eigenvalue weighted by atomic mass is 16.1. The number of rotatable bonds is 6. The van der Waals surface area contributed by atoms with E-state index in [2.05, 4.69) is 18.4 Å². The molecule has 2 aromatic carbocycles. The summed E-state index contributed by atoms with van der Waals surface area (Å²) in [7, 11) is 0. The van der Waals surface area contributed by atoms with Gasteiger partial charge >= 0.3 is 0 Å². The molecule has 2 heteroatoms. The lowest BCUT2D eigenvalue weighted by Gasteiger charge is -2.07. The molecular weight excluding hydrogens is 308 g/mol. The summed E-state index contributed by atoms with van der Waals surface area (Å²) in [6.07, 6.45) is 0.952. The molecule has 0 heterocycles. The first-order valence-electron chi connectivity index (χ1n) is 8.33. The van der Waals surface area contributed by atoms with Gasteiger partial charge in [-0.25, -0.2) is 0 Å². The van der Waals surface area contributed by atoms with Crippen LogP contribution in [0.2, 0.25) is 0 Å². The van der Waals surface area contributed by atoms with Crippen LogP contribution in [0.1, 0.15) is 42.0 Å². The summed E-state index contributed by atoms with van der Waals surface area (Å²) in [6, 6.07) is 15.8. The van der Waals surface area contributed by atoms with Gasteiger partial charge in [0.25, 0.3) is 0 Å². The average Bonchev–Trinajstić information content (AvgIpc) is 2.60. The Morgan fingerprint density at radius 3 is 2.20 bits per heavy atom. The van der Waals surface area contributed by atoms with E-state index in [1.54, 1.807) is 0 Å². The maximum absolute atomic E-state index is 12.1. The number of aryl methyl sites for hydroxylation is 1. The van der Waals surface area contributed by atoms with Gasteiger partial charge in [-0.05, 0) is 42.7 Å². The fourth-order valence-corrected chi connectivity index (χ4v) is 2.44. The second kappa shape index (κ2) is 8.80. The number of ketones is 2. The molecule has 0 N–H and O–H groups in total. The molecular formula is C23H22O2. The maximum Gasteiger partial charge on any atom is 0.159 e. The van der Waals surface area contributed by atoms with E-state index in [9.17, 15) is 9.59 Å². The fourth-order valence-electron chi connectivity index (χ4n) is 2.44. The lowest BCUT2D eigenvalue weighted by molar-refractivity contribution is -0.121. The van der Waals surface area contributed by atoms with Crippen molar-refractivity contribution in [2.45, 2.75) is 33.1 Å². The third-order valence-electron chi connectivity index (χ3n) is 4.00. The summed E-state index contributed by atoms with van der Waals surface area (Å²) < 4.78 is 0. The molecule has 0 aromatic heterocycles. The van der Waals surface area contributed by atoms with E-state index < -0.39 is 0 Å². The first-order chi connectivity index (χ1) is 12.0. The largest absolute Gasteiger partial charge is 0.300 e. The van der Waals surface area contributed by atoms with Gasteiger partial charge in [0, 0.05) is 30.4 Å². The zero-order chi connectivity index (χ0) is 18.2. The van der Waals surface area contributed by atoms with Gasteiger partial charge in [0.2, 0.25) is 0 Å². The van der Waals surface area contributed by atoms with E-state index >= 15 is 0 Å². The smallest absolute Gasteiger partial charge is 0.159 e. The Labute approximate surface area is 149 Å². The Morgan fingerprint density at radius 2 is 1.52 bits per heavy atom. The zero-order valence-electron chi connectivity index (χ0n) is 14.8. The second-order valence-electron chi connectivity index (χ2n) is 6.13. The molecule has 25 heavy (non-hydrogen) atoms. The first-order valence-corrected chi connectivity index (χ1v) is 8.33. The topological polar surface area (TPSA) is 34.1 Å². The van der Waals surface area contributed by atoms with Crippen molar-refractivity contribution in [3.63, 3.8) is 0 Å². The van der Waals surface area contributed by atoms with Crippen LogP contribution in [-0.4, -0.2) is 11.6 Å². The van der Waals surface area contributed by atoms with Crippen LogP contribution >= 0.6 is 0 Å². The molecule has 2 rings (SSSR count). The number of Topliss-reactive ketones (excluding diaryl/α,β-unsaturated/α-hetero) is 2. The van der Waals surface area contributed by atoms with Crippen molar-refractivity contribution in [2.24, 2.45) is 0 Å². The monoisotopic (exact) mass is 330 g/mol. The van der Waals surface area contributed by atoms with Crippen LogP contribution in [0, 0.1) is 18.8 Å². The van der Waals surface area contributed by atoms with E-state index in [4.69, 9.17) is 0 Å². The molecule has 0 aliphatic rings. The molecule has 2 aromatic rings. The van der Waals surface area contributed by atoms with Gasteiger partial charge < -0.3 is 4.79 Å². The molecule has 126 valence electrons. The Balaban J connectivity index is 2.16. The fraction of sp³-hybridized carbons (Fsp3) is 0.217. The van der Waals surface area contributed by atoms with Crippen molar-refractivity contribution in [3.05, 3.63) is 82.9 Å². The Morgan fingerprint density at radius 1 is 0.920 bits per heavy atom. The molecule has 0 saturated heterocycles. The summed E-state index contributed by atoms with van der Waals surface area (Å²) >= 11 is 0. The van der Waals surface area contributed by atoms with Crippen molar-refractivity contribution in [3.8, 4) is 11.8 Å². The quantitative estimate of drug-likeness (QED) is 0.580. The van der Waals surface area contributed by atoms with E-state index in [1.807, 2.05) is 55.5 Å². The number of allylic oxidation sites excluding steroid dienone is 1. The minimum atomic E-state index is -0.0585. The van der Waals surface area contributed by atoms with Gasteiger partial charge in [-0.1, -0.05) is 54.8 Å². The van der Waals surface area contributed by atoms with Crippen LogP contribution in [0.5, 0.6) is 0 Å². The van der Waals surface area contributed by atoms with Crippen molar-refractivity contribution >= 4 is 11.6 Å². The van der Waals surface area contributed by atoms with Crippen LogP contribution in [0.4, 0.5) is 0 Å². The van der Waals surface area contributed by atoms with E-state index in [0.29, 0.717) is 12.0 Å². The molecule has 2 nitrogen and oxygen atoms in total. The van der Waals surface area contributed by atoms with Gasteiger partial charge in [0.1, 0.15) is 5.78 Å². The van der Waals surface area contributed by atoms with Gasteiger partial charge in [-0.3, -0.25) is 4.79 Å². The summed E-state index contributed by atoms with van der Waals surface area (Å²) in [4.78, 5) is 23.1. The lowest BCUT2D eigenvalue weighted by atomic mass is 9.96. The molecule has 0 aliphatic carbocycles. The molecule has 0 bridgehead atoms. The highest BCUT2D eigenvalue weighted by Crippen LogP contribution is 2.15. The Hall–Kier alpha value is -2.92. The van der Waals surface area contributed by atoms with Crippen LogP contribution in [-0.2, 0) is 16.0 Å². The number of hydrogen-bond acceptors (Lipinski definition) is 2. The van der Waals surface area contributed by atoms with Crippen LogP contribution in [0.15, 0.2) is 60.7 Å². The van der Waals surface area contributed by atoms with E-state index in [0.717, 1.165) is 22.3 Å². The minimum Gasteiger partial charge on any atom is -0.300 e. The lowest BCUT2D eigenvalue weighted by Crippen LogP contribution is -2.07. The van der Waals surface area contributed by atoms with Crippen molar-refractivity contribution in [2.75, 3.05) is 0 Å². The summed E-state index contributed by atoms with van der Waals surface area (Å²) in [6.45, 7) is 7.42. The Kier molecular flexibility index (Phi) is 6.48. The number of carbonyl (C=O) groups is 2. The standard InChI is InChI=1S/C23H22O2/c1-17-8-4-5-9-20(17)13-14-21-10-6-7-11-22(21)16-18(2)23(25)15-12-19(3)24/h4-11H,2,12,15-16H2,1,3H3. The minimum absolute atomic E-state index is 0.0191. The molecule has 0 spiro atoms. The second-order valence-corrected chi connectivity index (χ2v) is 6.13. The number of benzene rings is 2. The van der Waals surface area contributed by atoms with Crippen molar-refractivity contribution < 1.29 is 9.59 Å². The van der Waals surface area contributed by atoms with E-state index in [1.165, 1.54) is 6.92 Å². The van der Waals surface area contributed by atoms with E-state index in [-0.39, 0.29) is 24.4 Å². The molecule has 0 atom stereocenters. The predicted octanol–water partition coefficient (Wildman–Crippen LogP) is 4.43. The molecule has 0 fully saturated rings. The predicted molar refractivity (Wildman–Crippen MR) is 101 cm³/mol. The summed E-state index contributed by atoms with van der Waals surface area (Å²) in [5.41, 5.74) is 4.52. The molecule has 0 saturated carbocycles. The van der Waals surface area contributed by atoms with Crippen LogP contribution in [0.3, 0.4) is 0 Å². The van der Waals surface area contributed by atoms with Gasteiger partial charge in [0.05, 0.1) is 0 Å². The summed E-state index contributed by atoms with van der Waals surface area (Å²) in [5.74, 6) is 6.37. The molecule has 0 unspecified atom stereocenters. The number of hydrogen-bond donors (Lipinski definition) is 0. The normalized spacial score (nSPS) is 9.84. The Bertz CT molecular complexity index is 863. The third-order valence-corrected chi connectivity index (χ3v) is 4.00. The van der Waals surface area contributed by atoms with Crippen LogP contribution in [0.25, 0.3) is 0 Å². The van der Waals surface area contributed by atoms with Gasteiger partial charge in [-0.2, -0.15) is 0 Å². The first kappa shape index (κ1) is 18.4. The van der Waals surface area contributed by atoms with Gasteiger partial charge in [-0.15, -0.1) is 0 Å². The average molecular weight is 330 g/mol. The van der Waals surface area contributed by atoms with Crippen molar-refractivity contribution in [1.82, 2.24) is 0 Å². The third kappa shape index (κ3) is 5.58. The maximum atomic E-state index is 12.1. The highest BCUT2D eigenvalue weighted by Gasteiger charge is 2.10. The summed E-state index contributed by atoms with van der Waals surface area (Å²) in [5, 5.41) is 0. The zero-order valence-corrected chi connectivity index (χ0v) is 14.8. The number of carbonyl (C=O) groups excluding carboxylic acids is 2. The van der Waals surface area contributed by atoms with Crippen LogP contribution < -0.4 is 0 Å². The van der Waals surface area contributed by atoms with Gasteiger partial charge in [0.15, 0.2) is 5.78 Å². The van der Waals surface area contributed by atoms with Crippen molar-refractivity contribution in [1.29, 1.82) is 0 Å². The molecule has 0 aliphatic heterocycles. The molecule has 0 radical (unpaired) electrons. The SMILES string of the molecule is C=C(Cc1ccccc1C#Cc1ccccc1C)C(=O)CCC(C)=O. The highest BCUT2D eigenvalue weighted by molar-refractivity contribution is 5.97.